The van der Waals surface area contributed by atoms with Gasteiger partial charge in [0.05, 0.1) is 11.1 Å². The third-order valence-corrected chi connectivity index (χ3v) is 4.40. The van der Waals surface area contributed by atoms with Gasteiger partial charge in [0.25, 0.3) is 0 Å². The van der Waals surface area contributed by atoms with E-state index in [4.69, 9.17) is 0 Å². The summed E-state index contributed by atoms with van der Waals surface area (Å²) in [5.74, 6) is 1.72. The molecule has 8 nitrogen and oxygen atoms in total. The van der Waals surface area contributed by atoms with Crippen molar-refractivity contribution < 1.29 is 4.92 Å². The standard InChI is InChI=1S/C15H20N6O2/c1-9-5-3-4-6-11(9)19-15-17-7-12(20-15)14-16-8-13(21(22)23)10(2)18-14/h7-9,11H,3-6H2,1-2H3,(H2,17,19,20)/t9-,11+/m0/s1. The molecule has 1 aliphatic rings. The average Bonchev–Trinajstić information content (AvgIpc) is 2.98. The van der Waals surface area contributed by atoms with Crippen LogP contribution in [0.1, 0.15) is 38.3 Å². The maximum atomic E-state index is 10.8. The third kappa shape index (κ3) is 3.30. The fourth-order valence-electron chi connectivity index (χ4n) is 2.98. The van der Waals surface area contributed by atoms with E-state index in [1.807, 2.05) is 0 Å². The Balaban J connectivity index is 1.76. The Morgan fingerprint density at radius 2 is 2.09 bits per heavy atom. The molecule has 0 spiro atoms. The molecule has 0 aliphatic heterocycles. The van der Waals surface area contributed by atoms with Crippen LogP contribution in [0.4, 0.5) is 11.6 Å². The van der Waals surface area contributed by atoms with E-state index in [-0.39, 0.29) is 5.69 Å². The van der Waals surface area contributed by atoms with Crippen molar-refractivity contribution >= 4 is 11.6 Å². The molecule has 2 aromatic heterocycles. The normalized spacial score (nSPS) is 21.1. The molecule has 1 aliphatic carbocycles. The molecular formula is C15H20N6O2. The van der Waals surface area contributed by atoms with Gasteiger partial charge in [-0.15, -0.1) is 0 Å². The van der Waals surface area contributed by atoms with Crippen LogP contribution >= 0.6 is 0 Å². The summed E-state index contributed by atoms with van der Waals surface area (Å²) in [5.41, 5.74) is 0.904. The first-order valence-corrected chi connectivity index (χ1v) is 7.84. The number of aromatic amines is 1. The van der Waals surface area contributed by atoms with E-state index >= 15 is 0 Å². The van der Waals surface area contributed by atoms with Crippen LogP contribution in [0.3, 0.4) is 0 Å². The van der Waals surface area contributed by atoms with Gasteiger partial charge in [0.2, 0.25) is 5.95 Å². The van der Waals surface area contributed by atoms with Gasteiger partial charge in [-0.2, -0.15) is 0 Å². The van der Waals surface area contributed by atoms with E-state index in [9.17, 15) is 10.1 Å². The predicted molar refractivity (Wildman–Crippen MR) is 86.0 cm³/mol. The van der Waals surface area contributed by atoms with E-state index in [0.717, 1.165) is 6.42 Å². The van der Waals surface area contributed by atoms with Gasteiger partial charge >= 0.3 is 5.69 Å². The maximum Gasteiger partial charge on any atom is 0.308 e. The summed E-state index contributed by atoms with van der Waals surface area (Å²) < 4.78 is 0. The zero-order valence-corrected chi connectivity index (χ0v) is 13.2. The topological polar surface area (TPSA) is 110 Å². The summed E-state index contributed by atoms with van der Waals surface area (Å²) in [6.07, 6.45) is 7.78. The zero-order chi connectivity index (χ0) is 16.4. The summed E-state index contributed by atoms with van der Waals surface area (Å²) in [4.78, 5) is 26.1. The van der Waals surface area contributed by atoms with Crippen molar-refractivity contribution in [3.63, 3.8) is 0 Å². The highest BCUT2D eigenvalue weighted by Crippen LogP contribution is 2.26. The summed E-state index contributed by atoms with van der Waals surface area (Å²) >= 11 is 0. The van der Waals surface area contributed by atoms with Gasteiger partial charge in [0.1, 0.15) is 17.6 Å². The second-order valence-corrected chi connectivity index (χ2v) is 6.08. The molecule has 0 aromatic carbocycles. The Morgan fingerprint density at radius 3 is 2.78 bits per heavy atom. The SMILES string of the molecule is Cc1nc(-c2cnc(N[C@@H]3CCCC[C@@H]3C)[nH]2)ncc1[N+](=O)[O-]. The first-order valence-electron chi connectivity index (χ1n) is 7.84. The molecule has 23 heavy (non-hydrogen) atoms. The second-order valence-electron chi connectivity index (χ2n) is 6.08. The number of imidazole rings is 1. The molecule has 3 rings (SSSR count). The highest BCUT2D eigenvalue weighted by atomic mass is 16.6. The molecular weight excluding hydrogens is 296 g/mol. The van der Waals surface area contributed by atoms with E-state index in [0.29, 0.717) is 35.1 Å². The van der Waals surface area contributed by atoms with Crippen molar-refractivity contribution in [3.05, 3.63) is 28.2 Å². The lowest BCUT2D eigenvalue weighted by atomic mass is 9.86. The lowest BCUT2D eigenvalue weighted by Gasteiger charge is -2.29. The molecule has 0 unspecified atom stereocenters. The first kappa shape index (κ1) is 15.4. The second kappa shape index (κ2) is 6.31. The Labute approximate surface area is 133 Å². The largest absolute Gasteiger partial charge is 0.353 e. The van der Waals surface area contributed by atoms with Crippen molar-refractivity contribution in [3.8, 4) is 11.5 Å². The van der Waals surface area contributed by atoms with Gasteiger partial charge in [0, 0.05) is 6.04 Å². The molecule has 1 saturated carbocycles. The Morgan fingerprint density at radius 1 is 1.30 bits per heavy atom. The zero-order valence-electron chi connectivity index (χ0n) is 13.2. The quantitative estimate of drug-likeness (QED) is 0.662. The Hall–Kier alpha value is -2.51. The molecule has 0 saturated heterocycles. The molecule has 0 amide bonds. The van der Waals surface area contributed by atoms with E-state index < -0.39 is 4.92 Å². The molecule has 8 heteroatoms. The minimum absolute atomic E-state index is 0.0809. The van der Waals surface area contributed by atoms with Crippen LogP contribution in [0.25, 0.3) is 11.5 Å². The van der Waals surface area contributed by atoms with E-state index in [1.165, 1.54) is 25.5 Å². The minimum Gasteiger partial charge on any atom is -0.353 e. The van der Waals surface area contributed by atoms with Crippen LogP contribution in [-0.2, 0) is 0 Å². The average molecular weight is 316 g/mol. The molecule has 2 atom stereocenters. The van der Waals surface area contributed by atoms with E-state index in [2.05, 4.69) is 32.2 Å². The van der Waals surface area contributed by atoms with Crippen molar-refractivity contribution in [2.45, 2.75) is 45.6 Å². The van der Waals surface area contributed by atoms with Crippen molar-refractivity contribution in [1.82, 2.24) is 19.9 Å². The number of anilines is 1. The predicted octanol–water partition coefficient (Wildman–Crippen LogP) is 3.07. The number of hydrogen-bond acceptors (Lipinski definition) is 6. The molecule has 2 aromatic rings. The highest BCUT2D eigenvalue weighted by Gasteiger charge is 2.22. The first-order chi connectivity index (χ1) is 11.0. The monoisotopic (exact) mass is 316 g/mol. The van der Waals surface area contributed by atoms with Crippen LogP contribution in [0.2, 0.25) is 0 Å². The maximum absolute atomic E-state index is 10.8. The number of nitrogens with one attached hydrogen (secondary N) is 2. The number of H-pyrrole nitrogens is 1. The molecule has 122 valence electrons. The number of rotatable bonds is 4. The number of nitro groups is 1. The number of nitrogens with zero attached hydrogens (tertiary/aromatic N) is 4. The Kier molecular flexibility index (Phi) is 4.22. The molecule has 2 heterocycles. The van der Waals surface area contributed by atoms with Crippen molar-refractivity contribution in [2.24, 2.45) is 5.92 Å². The molecule has 0 bridgehead atoms. The summed E-state index contributed by atoms with van der Waals surface area (Å²) in [7, 11) is 0. The van der Waals surface area contributed by atoms with Crippen molar-refractivity contribution in [2.75, 3.05) is 5.32 Å². The Bertz CT molecular complexity index is 714. The molecule has 0 radical (unpaired) electrons. The molecule has 1 fully saturated rings. The number of aromatic nitrogens is 4. The van der Waals surface area contributed by atoms with Gasteiger partial charge in [-0.05, 0) is 25.7 Å². The number of aryl methyl sites for hydroxylation is 1. The van der Waals surface area contributed by atoms with Crippen LogP contribution in [0.15, 0.2) is 12.4 Å². The van der Waals surface area contributed by atoms with Gasteiger partial charge in [0.15, 0.2) is 5.82 Å². The van der Waals surface area contributed by atoms with Crippen LogP contribution < -0.4 is 5.32 Å². The minimum atomic E-state index is -0.483. The summed E-state index contributed by atoms with van der Waals surface area (Å²) in [6, 6.07) is 0.419. The number of hydrogen-bond donors (Lipinski definition) is 2. The smallest absolute Gasteiger partial charge is 0.308 e. The fourth-order valence-corrected chi connectivity index (χ4v) is 2.98. The summed E-state index contributed by atoms with van der Waals surface area (Å²) in [5, 5.41) is 14.3. The van der Waals surface area contributed by atoms with Crippen LogP contribution in [0.5, 0.6) is 0 Å². The van der Waals surface area contributed by atoms with Gasteiger partial charge in [-0.3, -0.25) is 10.1 Å². The lowest BCUT2D eigenvalue weighted by molar-refractivity contribution is -0.386. The van der Waals surface area contributed by atoms with Crippen molar-refractivity contribution in [1.29, 1.82) is 0 Å². The van der Waals surface area contributed by atoms with Gasteiger partial charge in [-0.25, -0.2) is 15.0 Å². The molecule has 2 N–H and O–H groups in total. The van der Waals surface area contributed by atoms with Crippen LogP contribution in [0, 0.1) is 23.0 Å². The highest BCUT2D eigenvalue weighted by molar-refractivity contribution is 5.53. The summed E-state index contributed by atoms with van der Waals surface area (Å²) in [6.45, 7) is 3.85. The van der Waals surface area contributed by atoms with E-state index in [1.54, 1.807) is 13.1 Å². The van der Waals surface area contributed by atoms with Crippen LogP contribution in [-0.4, -0.2) is 30.9 Å². The fraction of sp³-hybridized carbons (Fsp3) is 0.533. The lowest BCUT2D eigenvalue weighted by Crippen LogP contribution is -2.30. The third-order valence-electron chi connectivity index (χ3n) is 4.40. The van der Waals surface area contributed by atoms with Gasteiger partial charge < -0.3 is 10.3 Å². The van der Waals surface area contributed by atoms with Gasteiger partial charge in [-0.1, -0.05) is 19.8 Å².